The van der Waals surface area contributed by atoms with Gasteiger partial charge in [0, 0.05) is 25.3 Å². The van der Waals surface area contributed by atoms with E-state index < -0.39 is 11.3 Å². The van der Waals surface area contributed by atoms with Crippen LogP contribution in [0.2, 0.25) is 0 Å². The fourth-order valence-electron chi connectivity index (χ4n) is 4.79. The van der Waals surface area contributed by atoms with Gasteiger partial charge in [0.25, 0.3) is 5.91 Å². The summed E-state index contributed by atoms with van der Waals surface area (Å²) in [7, 11) is 0. The highest BCUT2D eigenvalue weighted by Gasteiger charge is 2.29. The number of amides is 1. The van der Waals surface area contributed by atoms with E-state index in [1.165, 1.54) is 6.20 Å². The van der Waals surface area contributed by atoms with Crippen LogP contribution in [0.3, 0.4) is 0 Å². The normalized spacial score (nSPS) is 17.5. The maximum atomic E-state index is 13.1. The van der Waals surface area contributed by atoms with Crippen LogP contribution >= 0.6 is 0 Å². The summed E-state index contributed by atoms with van der Waals surface area (Å²) in [6.07, 6.45) is 5.36. The summed E-state index contributed by atoms with van der Waals surface area (Å²) in [6, 6.07) is 9.87. The number of primary amides is 1. The lowest BCUT2D eigenvalue weighted by atomic mass is 10.1. The first-order valence-corrected chi connectivity index (χ1v) is 11.2. The van der Waals surface area contributed by atoms with Crippen molar-refractivity contribution in [2.75, 3.05) is 37.0 Å². The fourth-order valence-corrected chi connectivity index (χ4v) is 4.79. The lowest BCUT2D eigenvalue weighted by Gasteiger charge is -2.37. The molecule has 1 saturated carbocycles. The quantitative estimate of drug-likeness (QED) is 0.604. The number of nitrogen functional groups attached to an aromatic ring is 1. The Bertz CT molecular complexity index is 1230. The van der Waals surface area contributed by atoms with Gasteiger partial charge < -0.3 is 20.8 Å². The molecule has 3 heterocycles. The summed E-state index contributed by atoms with van der Waals surface area (Å²) in [5, 5.41) is 4.31. The third-order valence-electron chi connectivity index (χ3n) is 6.37. The van der Waals surface area contributed by atoms with Crippen molar-refractivity contribution >= 4 is 34.4 Å². The third-order valence-corrected chi connectivity index (χ3v) is 6.37. The maximum Gasteiger partial charge on any atom is 0.256 e. The Morgan fingerprint density at radius 2 is 1.82 bits per heavy atom. The molecule has 33 heavy (non-hydrogen) atoms. The largest absolute Gasteiger partial charge is 0.384 e. The van der Waals surface area contributed by atoms with Crippen LogP contribution < -0.4 is 21.9 Å². The number of nitrogens with zero attached hydrogens (tertiary/aromatic N) is 5. The minimum Gasteiger partial charge on any atom is -0.384 e. The number of hydrogen-bond donors (Lipinski definition) is 2. The number of ether oxygens (including phenoxy) is 1. The van der Waals surface area contributed by atoms with Crippen LogP contribution in [-0.2, 0) is 4.74 Å². The number of nitrogens with two attached hydrogens (primary N) is 2. The molecular weight excluding hydrogens is 422 g/mol. The van der Waals surface area contributed by atoms with E-state index in [4.69, 9.17) is 21.2 Å². The van der Waals surface area contributed by atoms with E-state index in [2.05, 4.69) is 9.99 Å². The molecule has 4 N–H and O–H groups in total. The number of carbonyl (C=O) groups excluding carboxylic acids is 1. The molecule has 0 atom stereocenters. The van der Waals surface area contributed by atoms with Crippen molar-refractivity contribution in [2.45, 2.75) is 31.7 Å². The van der Waals surface area contributed by atoms with E-state index in [-0.39, 0.29) is 22.8 Å². The molecular formula is C23H27N7O3. The van der Waals surface area contributed by atoms with Crippen molar-refractivity contribution in [2.24, 2.45) is 5.73 Å². The number of morpholine rings is 1. The van der Waals surface area contributed by atoms with Crippen LogP contribution in [-0.4, -0.2) is 51.8 Å². The topological polar surface area (TPSA) is 133 Å². The van der Waals surface area contributed by atoms with Gasteiger partial charge in [0.1, 0.15) is 11.4 Å². The summed E-state index contributed by atoms with van der Waals surface area (Å²) in [5.74, 6) is -0.336. The van der Waals surface area contributed by atoms with Gasteiger partial charge in [0.05, 0.1) is 24.3 Å². The molecule has 0 radical (unpaired) electrons. The van der Waals surface area contributed by atoms with Crippen LogP contribution in [0.25, 0.3) is 11.0 Å². The Morgan fingerprint density at radius 1 is 1.12 bits per heavy atom. The Labute approximate surface area is 190 Å². The summed E-state index contributed by atoms with van der Waals surface area (Å²) in [4.78, 5) is 34.6. The number of pyridine rings is 1. The standard InChI is InChI=1S/C23H27N7O3/c24-20-18(21(25)32)19(31)17-14-26-23(27-22(17)29(20)15-6-4-5-7-15)30(16-8-2-1-3-9-16)28-10-12-33-13-11-28/h1-3,8-9,14-15H,4-7,10-13,24H2,(H2,25,32). The van der Waals surface area contributed by atoms with Gasteiger partial charge in [-0.15, -0.1) is 0 Å². The molecule has 0 bridgehead atoms. The fraction of sp³-hybridized carbons (Fsp3) is 0.391. The van der Waals surface area contributed by atoms with Gasteiger partial charge >= 0.3 is 0 Å². The van der Waals surface area contributed by atoms with Crippen molar-refractivity contribution in [1.82, 2.24) is 19.5 Å². The first-order chi connectivity index (χ1) is 16.1. The molecule has 10 nitrogen and oxygen atoms in total. The Hall–Kier alpha value is -3.50. The third kappa shape index (κ3) is 3.81. The second kappa shape index (κ2) is 8.80. The van der Waals surface area contributed by atoms with E-state index in [1.807, 2.05) is 39.9 Å². The Morgan fingerprint density at radius 3 is 2.48 bits per heavy atom. The zero-order valence-corrected chi connectivity index (χ0v) is 18.3. The molecule has 172 valence electrons. The number of hydrazine groups is 1. The number of hydrogen-bond acceptors (Lipinski definition) is 8. The number of aromatic nitrogens is 3. The van der Waals surface area contributed by atoms with Crippen molar-refractivity contribution in [1.29, 1.82) is 0 Å². The highest BCUT2D eigenvalue weighted by molar-refractivity contribution is 6.00. The Kier molecular flexibility index (Phi) is 5.69. The highest BCUT2D eigenvalue weighted by atomic mass is 16.5. The lowest BCUT2D eigenvalue weighted by molar-refractivity contribution is 0.0372. The number of para-hydroxylation sites is 1. The van der Waals surface area contributed by atoms with E-state index in [0.717, 1.165) is 31.4 Å². The number of carbonyl (C=O) groups is 1. The predicted octanol–water partition coefficient (Wildman–Crippen LogP) is 1.97. The first-order valence-electron chi connectivity index (χ1n) is 11.2. The van der Waals surface area contributed by atoms with Crippen molar-refractivity contribution in [3.63, 3.8) is 0 Å². The van der Waals surface area contributed by atoms with Gasteiger partial charge in [-0.3, -0.25) is 9.59 Å². The van der Waals surface area contributed by atoms with Gasteiger partial charge in [0.15, 0.2) is 5.65 Å². The van der Waals surface area contributed by atoms with E-state index >= 15 is 0 Å². The summed E-state index contributed by atoms with van der Waals surface area (Å²) < 4.78 is 7.35. The zero-order chi connectivity index (χ0) is 22.9. The highest BCUT2D eigenvalue weighted by Crippen LogP contribution is 2.35. The molecule has 1 saturated heterocycles. The van der Waals surface area contributed by atoms with Gasteiger partial charge in [-0.1, -0.05) is 31.0 Å². The molecule has 2 fully saturated rings. The predicted molar refractivity (Wildman–Crippen MR) is 125 cm³/mol. The molecule has 0 spiro atoms. The van der Waals surface area contributed by atoms with Crippen LogP contribution in [0.1, 0.15) is 42.1 Å². The summed E-state index contributed by atoms with van der Waals surface area (Å²) in [5.41, 5.74) is 12.5. The SMILES string of the molecule is NC(=O)c1c(N)n(C2CCCC2)c2nc(N(c3ccccc3)N3CCOCC3)ncc2c1=O. The molecule has 3 aromatic rings. The first kappa shape index (κ1) is 21.4. The molecule has 0 unspecified atom stereocenters. The van der Waals surface area contributed by atoms with E-state index in [9.17, 15) is 9.59 Å². The van der Waals surface area contributed by atoms with Crippen molar-refractivity contribution in [3.05, 3.63) is 52.3 Å². The number of fused-ring (bicyclic) bond motifs is 1. The molecule has 2 aromatic heterocycles. The summed E-state index contributed by atoms with van der Waals surface area (Å²) >= 11 is 0. The monoisotopic (exact) mass is 449 g/mol. The maximum absolute atomic E-state index is 13.1. The molecule has 5 rings (SSSR count). The number of anilines is 3. The van der Waals surface area contributed by atoms with Gasteiger partial charge in [-0.25, -0.2) is 15.0 Å². The van der Waals surface area contributed by atoms with Crippen LogP contribution in [0.5, 0.6) is 0 Å². The Balaban J connectivity index is 1.73. The van der Waals surface area contributed by atoms with Gasteiger partial charge in [-0.2, -0.15) is 4.98 Å². The lowest BCUT2D eigenvalue weighted by Crippen LogP contribution is -2.47. The van der Waals surface area contributed by atoms with Crippen molar-refractivity contribution < 1.29 is 9.53 Å². The minimum atomic E-state index is -0.838. The summed E-state index contributed by atoms with van der Waals surface area (Å²) in [6.45, 7) is 2.54. The van der Waals surface area contributed by atoms with Crippen molar-refractivity contribution in [3.8, 4) is 0 Å². The average molecular weight is 450 g/mol. The number of benzene rings is 1. The second-order valence-corrected chi connectivity index (χ2v) is 8.38. The minimum absolute atomic E-state index is 0.0440. The van der Waals surface area contributed by atoms with Gasteiger partial charge in [-0.05, 0) is 25.0 Å². The van der Waals surface area contributed by atoms with Gasteiger partial charge in [0.2, 0.25) is 11.4 Å². The zero-order valence-electron chi connectivity index (χ0n) is 18.3. The molecule has 1 aliphatic carbocycles. The second-order valence-electron chi connectivity index (χ2n) is 8.38. The molecule has 2 aliphatic rings. The molecule has 1 amide bonds. The molecule has 1 aliphatic heterocycles. The van der Waals surface area contributed by atoms with Crippen LogP contribution in [0.15, 0.2) is 41.3 Å². The molecule has 10 heteroatoms. The van der Waals surface area contributed by atoms with Crippen LogP contribution in [0, 0.1) is 0 Å². The van der Waals surface area contributed by atoms with E-state index in [0.29, 0.717) is 37.9 Å². The van der Waals surface area contributed by atoms with Crippen LogP contribution in [0.4, 0.5) is 17.5 Å². The average Bonchev–Trinajstić information content (AvgIpc) is 3.35. The molecule has 1 aromatic carbocycles. The van der Waals surface area contributed by atoms with E-state index in [1.54, 1.807) is 0 Å². The smallest absolute Gasteiger partial charge is 0.256 e. The number of rotatable bonds is 5.